The van der Waals surface area contributed by atoms with Crippen LogP contribution in [0.15, 0.2) is 24.3 Å². The lowest BCUT2D eigenvalue weighted by molar-refractivity contribution is -0.401. The number of carbonyl (C=O) groups is 21. The second-order valence-corrected chi connectivity index (χ2v) is 37.0. The van der Waals surface area contributed by atoms with Gasteiger partial charge in [-0.3, -0.25) is 106 Å². The Balaban J connectivity index is 1.56. The molecular formula is C89H114Cl3N3O51. The molecule has 0 spiro atoms. The SMILES string of the molecule is COC(=O)[C@@]1(O[C@H]2[C@@H](OC(C)=O)[C@@H](COC(C)=O)O[C@@H](O[C@H]3[C@H](O[C@@H]4O[C@@H](C)[C@@H](OC(C)=O)[C@@H](OC(C)=O)[C@@H]4OC(C)=O)[C@@H](COC(C)=O)O[C@@H](O[C@H]4[C@@H](OC(C)=O)[C@@H](COC(C)=O)O[C@@H](O[C@H]5[C@H](OC(C)=O)[C@@H](OC(=O)C(C)(C)C)[C@@H](OC(=N)C(Cl)(Cl)Cl)O[C@@H]5COC(C)=O)[C@@H]4OC(C)=O)[C@@H]3N3C(=O)c4ccccc4C3=O)[C@@H]2OC(C)=O)C[C@H](OC(C)=O)[C@@H](NC(C)=O)[C@H]([C@H](OC(C)=O)[C@@H](COC(C)=O)OC(C)=O)O1. The number of amides is 3. The Bertz CT molecular complexity index is 4990. The Hall–Kier alpha value is -11.8. The van der Waals surface area contributed by atoms with E-state index in [0.29, 0.717) is 18.9 Å². The summed E-state index contributed by atoms with van der Waals surface area (Å²) in [5.74, 6) is -31.5. The van der Waals surface area contributed by atoms with Gasteiger partial charge in [0.15, 0.2) is 86.2 Å². The first-order valence-electron chi connectivity index (χ1n) is 44.7. The van der Waals surface area contributed by atoms with Crippen LogP contribution >= 0.6 is 34.8 Å². The zero-order chi connectivity index (χ0) is 109. The fourth-order valence-electron chi connectivity index (χ4n) is 16.5. The normalized spacial score (nSPS) is 31.0. The number of fused-ring (bicyclic) bond motifs is 1. The maximum absolute atomic E-state index is 16.4. The lowest BCUT2D eigenvalue weighted by Crippen LogP contribution is -2.73. The molecule has 2 N–H and O–H groups in total. The first kappa shape index (κ1) is 119. The minimum Gasteiger partial charge on any atom is -0.465 e. The van der Waals surface area contributed by atoms with Gasteiger partial charge in [0.1, 0.15) is 106 Å². The number of ether oxygens (including phenoxy) is 30. The predicted octanol–water partition coefficient (Wildman–Crippen LogP) is 0.771. The van der Waals surface area contributed by atoms with Crippen molar-refractivity contribution in [3.8, 4) is 0 Å². The number of benzene rings is 1. The van der Waals surface area contributed by atoms with Gasteiger partial charge in [0.2, 0.25) is 24.2 Å². The van der Waals surface area contributed by atoms with E-state index in [1.807, 2.05) is 0 Å². The Morgan fingerprint density at radius 3 is 1.18 bits per heavy atom. The monoisotopic (exact) mass is 2150 g/mol. The summed E-state index contributed by atoms with van der Waals surface area (Å²) < 4.78 is 182. The maximum Gasteiger partial charge on any atom is 0.366 e. The van der Waals surface area contributed by atoms with Gasteiger partial charge in [-0.1, -0.05) is 46.9 Å². The van der Waals surface area contributed by atoms with Crippen molar-refractivity contribution in [2.75, 3.05) is 40.1 Å². The van der Waals surface area contributed by atoms with Gasteiger partial charge >= 0.3 is 107 Å². The van der Waals surface area contributed by atoms with E-state index in [1.165, 1.54) is 39.8 Å². The largest absolute Gasteiger partial charge is 0.465 e. The highest BCUT2D eigenvalue weighted by atomic mass is 35.6. The summed E-state index contributed by atoms with van der Waals surface area (Å²) in [7, 11) is 0.697. The molecular weight excluding hydrogens is 2030 g/mol. The highest BCUT2D eigenvalue weighted by Gasteiger charge is 2.68. The van der Waals surface area contributed by atoms with Crippen LogP contribution in [0, 0.1) is 10.8 Å². The molecule has 812 valence electrons. The number of halogens is 3. The lowest BCUT2D eigenvalue weighted by atomic mass is 9.87. The molecule has 1 aromatic rings. The number of rotatable bonds is 38. The van der Waals surface area contributed by atoms with Crippen LogP contribution in [0.1, 0.15) is 173 Å². The van der Waals surface area contributed by atoms with Crippen LogP contribution in [0.25, 0.3) is 0 Å². The number of hydrogen-bond donors (Lipinski definition) is 2. The summed E-state index contributed by atoms with van der Waals surface area (Å²) >= 11 is 18.4. The minimum atomic E-state index is -3.56. The van der Waals surface area contributed by atoms with Crippen molar-refractivity contribution >= 4 is 166 Å². The van der Waals surface area contributed by atoms with Gasteiger partial charge in [-0.05, 0) is 39.8 Å². The van der Waals surface area contributed by atoms with Gasteiger partial charge in [-0.25, -0.2) is 4.79 Å². The van der Waals surface area contributed by atoms with Crippen LogP contribution in [0.5, 0.6) is 0 Å². The average molecular weight is 2150 g/mol. The molecule has 54 nitrogen and oxygen atoms in total. The summed E-state index contributed by atoms with van der Waals surface area (Å²) in [6.45, 7) is 13.5. The minimum absolute atomic E-state index is 0.321. The zero-order valence-electron chi connectivity index (χ0n) is 82.8. The molecule has 0 aromatic heterocycles. The Morgan fingerprint density at radius 2 is 0.767 bits per heavy atom. The van der Waals surface area contributed by atoms with Crippen LogP contribution in [-0.2, 0) is 233 Å². The lowest BCUT2D eigenvalue weighted by Gasteiger charge is -2.54. The second-order valence-electron chi connectivity index (χ2n) is 34.7. The van der Waals surface area contributed by atoms with E-state index < -0.39 is 381 Å². The van der Waals surface area contributed by atoms with Crippen LogP contribution < -0.4 is 5.32 Å². The van der Waals surface area contributed by atoms with Gasteiger partial charge in [-0.2, -0.15) is 0 Å². The summed E-state index contributed by atoms with van der Waals surface area (Å²) in [6.07, 6.45) is -68.2. The molecule has 57 heteroatoms. The average Bonchev–Trinajstić information content (AvgIpc) is 1.34. The molecule has 7 aliphatic rings. The van der Waals surface area contributed by atoms with Crippen molar-refractivity contribution in [2.24, 2.45) is 5.41 Å². The van der Waals surface area contributed by atoms with E-state index in [4.69, 9.17) is 182 Å². The molecule has 6 saturated heterocycles. The van der Waals surface area contributed by atoms with E-state index in [0.717, 1.165) is 123 Å². The second kappa shape index (κ2) is 51.7. The molecule has 0 unspecified atom stereocenters. The van der Waals surface area contributed by atoms with Crippen LogP contribution in [0.3, 0.4) is 0 Å². The van der Waals surface area contributed by atoms with Crippen molar-refractivity contribution in [3.63, 3.8) is 0 Å². The third-order valence-electron chi connectivity index (χ3n) is 21.8. The maximum atomic E-state index is 16.4. The van der Waals surface area contributed by atoms with E-state index in [9.17, 15) is 86.3 Å². The standard InChI is InChI=1S/C89H114Cl3N3O51/c1-33-61(126-42(10)104)69(130-46(14)108)73(132-48(16)110)80(123-33)139-63-55(29-119-36(4)98)135-79(142-71-64(128-44(12)106)56(30-120-37(5)99)136-81(74(71)133-49(17)111)140-65-57(31-121-38(6)100)138-83(144-84(93)89(90,91)92)75(70(65)131-47(15)109)143-85(115)87(19,20)21)60(95-77(113)51-25-23-24-26-52(51)78(95)114)68(63)141-82-76(134-50(18)112)72(66(129-45(13)107)58(137-82)32-122-39(7)101)146-88(86(116)117-22)27-53(124-40(8)102)59(94-34(2)96)67(145-88)62(127-43(11)105)54(125-41(9)103)28-118-35(3)97/h23-26,33,53-76,79-83,93H,27-32H2,1-22H3,(H,94,96)/t33-,53-,54+,55+,56+,57+,58+,59+,60+,61+,62+,63+,64-,65+,66-,67+,68+,69+,70-,71-,72-,73-,74+,75+,76+,79-,80-,81-,82-,83+,88-/m0/s1. The molecule has 8 rings (SSSR count). The molecule has 0 bridgehead atoms. The first-order chi connectivity index (χ1) is 68.0. The van der Waals surface area contributed by atoms with E-state index in [1.54, 1.807) is 0 Å². The van der Waals surface area contributed by atoms with Crippen molar-refractivity contribution in [2.45, 2.75) is 345 Å². The van der Waals surface area contributed by atoms with Gasteiger partial charge in [0.25, 0.3) is 21.4 Å². The van der Waals surface area contributed by atoms with Gasteiger partial charge in [-0.15, -0.1) is 0 Å². The highest BCUT2D eigenvalue weighted by Crippen LogP contribution is 2.48. The molecule has 7 aliphatic heterocycles. The molecule has 0 saturated carbocycles. The summed E-state index contributed by atoms with van der Waals surface area (Å²) in [5, 5.41) is 11.1. The number of imide groups is 1. The van der Waals surface area contributed by atoms with Gasteiger partial charge in [0.05, 0.1) is 42.2 Å². The smallest absolute Gasteiger partial charge is 0.366 e. The molecule has 0 radical (unpaired) electrons. The van der Waals surface area contributed by atoms with E-state index in [-0.39, 0.29) is 0 Å². The Labute approximate surface area is 846 Å². The number of hydrogen-bond acceptors (Lipinski definition) is 52. The number of carbonyl (C=O) groups excluding carboxylic acids is 21. The van der Waals surface area contributed by atoms with Crippen molar-refractivity contribution in [1.29, 1.82) is 5.41 Å². The number of nitrogens with one attached hydrogen (secondary N) is 2. The number of nitrogens with zero attached hydrogens (tertiary/aromatic N) is 1. The molecule has 1 aromatic carbocycles. The van der Waals surface area contributed by atoms with Crippen LogP contribution in [0.4, 0.5) is 0 Å². The van der Waals surface area contributed by atoms with Gasteiger partial charge < -0.3 is 147 Å². The topological polar surface area (TPSA) is 674 Å². The van der Waals surface area contributed by atoms with Crippen LogP contribution in [-0.4, -0.2) is 370 Å². The van der Waals surface area contributed by atoms with E-state index in [2.05, 4.69) is 5.32 Å². The quantitative estimate of drug-likeness (QED) is 0.0230. The first-order valence-corrected chi connectivity index (χ1v) is 45.9. The number of alkyl halides is 3. The van der Waals surface area contributed by atoms with Crippen molar-refractivity contribution in [3.05, 3.63) is 35.4 Å². The summed E-state index contributed by atoms with van der Waals surface area (Å²) in [4.78, 5) is 295. The number of methoxy groups -OCH3 is 1. The molecule has 0 aliphatic carbocycles. The summed E-state index contributed by atoms with van der Waals surface area (Å²) in [6, 6.07) is -0.0679. The molecule has 146 heavy (non-hydrogen) atoms. The summed E-state index contributed by atoms with van der Waals surface area (Å²) in [5.41, 5.74) is -2.57. The zero-order valence-corrected chi connectivity index (χ0v) is 85.0. The molecule has 3 amide bonds. The molecule has 7 heterocycles. The van der Waals surface area contributed by atoms with Crippen molar-refractivity contribution in [1.82, 2.24) is 10.2 Å². The molecule has 6 fully saturated rings. The third kappa shape index (κ3) is 31.9. The number of esters is 18. The van der Waals surface area contributed by atoms with Crippen LogP contribution in [0.2, 0.25) is 0 Å². The third-order valence-corrected chi connectivity index (χ3v) is 22.3. The van der Waals surface area contributed by atoms with Crippen molar-refractivity contribution < 1.29 is 243 Å². The van der Waals surface area contributed by atoms with Gasteiger partial charge in [0, 0.05) is 118 Å². The Morgan fingerprint density at radius 1 is 0.411 bits per heavy atom. The fourth-order valence-corrected chi connectivity index (χ4v) is 16.6. The highest BCUT2D eigenvalue weighted by molar-refractivity contribution is 6.76. The van der Waals surface area contributed by atoms with E-state index >= 15 is 14.4 Å². The Kier molecular flexibility index (Phi) is 42.3. The predicted molar refractivity (Wildman–Crippen MR) is 469 cm³/mol. The molecule has 31 atom stereocenters. The fraction of sp³-hybridized carbons (Fsp3) is 0.685.